The number of anilines is 1. The minimum absolute atomic E-state index is 0.179. The quantitative estimate of drug-likeness (QED) is 0.598. The normalized spacial score (nSPS) is 19.1. The van der Waals surface area contributed by atoms with Crippen molar-refractivity contribution >= 4 is 23.5 Å². The lowest BCUT2D eigenvalue weighted by Crippen LogP contribution is -2.69. The molecule has 3 rings (SSSR count). The third kappa shape index (κ3) is 3.46. The third-order valence-corrected chi connectivity index (χ3v) is 4.16. The Hall–Kier alpha value is -3.63. The van der Waals surface area contributed by atoms with E-state index in [1.807, 2.05) is 0 Å². The molecule has 1 atom stereocenters. The molecule has 2 N–H and O–H groups in total. The maximum Gasteiger partial charge on any atom is 0.440 e. The minimum Gasteiger partial charge on any atom is -0.497 e. The SMILES string of the molecule is COc1cccc(C(=O)N[C@]2(C(F)(F)F)NC(=O)N(c3ccc(F)cc3)C2=O)c1. The maximum atomic E-state index is 13.9. The van der Waals surface area contributed by atoms with Crippen molar-refractivity contribution < 1.29 is 36.7 Å². The molecule has 4 amide bonds. The highest BCUT2D eigenvalue weighted by Crippen LogP contribution is 2.36. The van der Waals surface area contributed by atoms with Crippen molar-refractivity contribution in [1.29, 1.82) is 0 Å². The third-order valence-electron chi connectivity index (χ3n) is 4.16. The summed E-state index contributed by atoms with van der Waals surface area (Å²) in [6.07, 6.45) is -5.37. The number of imide groups is 1. The fourth-order valence-electron chi connectivity index (χ4n) is 2.71. The van der Waals surface area contributed by atoms with Crippen LogP contribution in [0.2, 0.25) is 0 Å². The van der Waals surface area contributed by atoms with E-state index in [4.69, 9.17) is 4.74 Å². The van der Waals surface area contributed by atoms with Crippen molar-refractivity contribution in [3.8, 4) is 5.75 Å². The van der Waals surface area contributed by atoms with E-state index in [-0.39, 0.29) is 21.9 Å². The van der Waals surface area contributed by atoms with Crippen molar-refractivity contribution in [2.45, 2.75) is 11.8 Å². The van der Waals surface area contributed by atoms with E-state index in [1.54, 1.807) is 5.32 Å². The Morgan fingerprint density at radius 3 is 2.38 bits per heavy atom. The van der Waals surface area contributed by atoms with Gasteiger partial charge in [-0.1, -0.05) is 6.07 Å². The molecular formula is C18H13F4N3O4. The zero-order valence-corrected chi connectivity index (χ0v) is 14.7. The van der Waals surface area contributed by atoms with Gasteiger partial charge in [0, 0.05) is 5.56 Å². The number of halogens is 4. The number of amides is 4. The number of urea groups is 1. The fourth-order valence-corrected chi connectivity index (χ4v) is 2.71. The van der Waals surface area contributed by atoms with Gasteiger partial charge < -0.3 is 10.1 Å². The summed E-state index contributed by atoms with van der Waals surface area (Å²) < 4.78 is 59.6. The van der Waals surface area contributed by atoms with Gasteiger partial charge in [0.15, 0.2) is 0 Å². The zero-order valence-electron chi connectivity index (χ0n) is 14.7. The summed E-state index contributed by atoms with van der Waals surface area (Å²) in [6, 6.07) is 7.45. The van der Waals surface area contributed by atoms with E-state index in [2.05, 4.69) is 0 Å². The Morgan fingerprint density at radius 1 is 1.14 bits per heavy atom. The van der Waals surface area contributed by atoms with E-state index in [0.717, 1.165) is 24.3 Å². The molecule has 1 saturated heterocycles. The number of benzene rings is 2. The summed E-state index contributed by atoms with van der Waals surface area (Å²) in [6.45, 7) is 0. The molecule has 152 valence electrons. The second kappa shape index (κ2) is 7.08. The van der Waals surface area contributed by atoms with Crippen LogP contribution in [0.15, 0.2) is 48.5 Å². The van der Waals surface area contributed by atoms with Crippen LogP contribution in [0, 0.1) is 5.82 Å². The number of nitrogens with one attached hydrogen (secondary N) is 2. The lowest BCUT2D eigenvalue weighted by molar-refractivity contribution is -0.197. The fraction of sp³-hybridized carbons (Fsp3) is 0.167. The van der Waals surface area contributed by atoms with Crippen LogP contribution in [-0.2, 0) is 4.79 Å². The Bertz CT molecular complexity index is 978. The Labute approximate surface area is 161 Å². The summed E-state index contributed by atoms with van der Waals surface area (Å²) in [5, 5.41) is 3.08. The standard InChI is InChI=1S/C18H13F4N3O4/c1-29-13-4-2-3-10(9-13)14(26)23-17(18(20,21)22)15(27)25(16(28)24-17)12-7-5-11(19)6-8-12/h2-9H,1H3,(H,23,26)(H,24,28)/t17-/m0/s1. The molecule has 1 aliphatic rings. The number of ether oxygens (including phenoxy) is 1. The first-order valence-electron chi connectivity index (χ1n) is 8.04. The summed E-state index contributed by atoms with van der Waals surface area (Å²) >= 11 is 0. The summed E-state index contributed by atoms with van der Waals surface area (Å²) in [5.74, 6) is -3.56. The molecule has 0 aromatic heterocycles. The highest BCUT2D eigenvalue weighted by Gasteiger charge is 2.69. The van der Waals surface area contributed by atoms with Crippen LogP contribution in [0.5, 0.6) is 5.75 Å². The van der Waals surface area contributed by atoms with Gasteiger partial charge in [-0.3, -0.25) is 14.9 Å². The van der Waals surface area contributed by atoms with Crippen LogP contribution in [0.4, 0.5) is 28.0 Å². The van der Waals surface area contributed by atoms with Gasteiger partial charge in [-0.05, 0) is 42.5 Å². The van der Waals surface area contributed by atoms with Gasteiger partial charge in [-0.15, -0.1) is 0 Å². The minimum atomic E-state index is -5.37. The molecule has 1 fully saturated rings. The number of alkyl halides is 3. The smallest absolute Gasteiger partial charge is 0.440 e. The monoisotopic (exact) mass is 411 g/mol. The number of carbonyl (C=O) groups is 3. The van der Waals surface area contributed by atoms with Crippen molar-refractivity contribution in [1.82, 2.24) is 10.6 Å². The van der Waals surface area contributed by atoms with Gasteiger partial charge in [-0.2, -0.15) is 13.2 Å². The molecule has 1 heterocycles. The Balaban J connectivity index is 1.99. The predicted molar refractivity (Wildman–Crippen MR) is 91.7 cm³/mol. The Morgan fingerprint density at radius 2 is 1.79 bits per heavy atom. The topological polar surface area (TPSA) is 87.7 Å². The van der Waals surface area contributed by atoms with Crippen LogP contribution in [0.1, 0.15) is 10.4 Å². The zero-order chi connectivity index (χ0) is 21.4. The summed E-state index contributed by atoms with van der Waals surface area (Å²) in [5.41, 5.74) is -4.22. The second-order valence-electron chi connectivity index (χ2n) is 5.98. The molecule has 29 heavy (non-hydrogen) atoms. The van der Waals surface area contributed by atoms with Crippen LogP contribution >= 0.6 is 0 Å². The number of nitrogens with zero attached hydrogens (tertiary/aromatic N) is 1. The molecule has 0 bridgehead atoms. The van der Waals surface area contributed by atoms with Crippen molar-refractivity contribution in [3.63, 3.8) is 0 Å². The van der Waals surface area contributed by atoms with Crippen LogP contribution < -0.4 is 20.3 Å². The largest absolute Gasteiger partial charge is 0.497 e. The van der Waals surface area contributed by atoms with Crippen molar-refractivity contribution in [2.75, 3.05) is 12.0 Å². The first kappa shape index (κ1) is 20.1. The molecule has 0 spiro atoms. The maximum absolute atomic E-state index is 13.9. The van der Waals surface area contributed by atoms with Crippen LogP contribution in [0.25, 0.3) is 0 Å². The van der Waals surface area contributed by atoms with E-state index in [1.165, 1.54) is 36.7 Å². The highest BCUT2D eigenvalue weighted by molar-refractivity contribution is 6.24. The van der Waals surface area contributed by atoms with E-state index >= 15 is 0 Å². The Kier molecular flexibility index (Phi) is 4.91. The molecule has 7 nitrogen and oxygen atoms in total. The average Bonchev–Trinajstić information content (AvgIpc) is 2.93. The first-order valence-corrected chi connectivity index (χ1v) is 8.04. The molecule has 2 aromatic rings. The predicted octanol–water partition coefficient (Wildman–Crippen LogP) is 2.58. The van der Waals surface area contributed by atoms with Crippen LogP contribution in [0.3, 0.4) is 0 Å². The molecular weight excluding hydrogens is 398 g/mol. The van der Waals surface area contributed by atoms with E-state index in [9.17, 15) is 31.9 Å². The number of hydrogen-bond acceptors (Lipinski definition) is 4. The molecule has 0 unspecified atom stereocenters. The lowest BCUT2D eigenvalue weighted by atomic mass is 10.1. The number of carbonyl (C=O) groups excluding carboxylic acids is 3. The van der Waals surface area contributed by atoms with E-state index in [0.29, 0.717) is 0 Å². The lowest BCUT2D eigenvalue weighted by Gasteiger charge is -2.29. The van der Waals surface area contributed by atoms with Crippen molar-refractivity contribution in [2.24, 2.45) is 0 Å². The molecule has 11 heteroatoms. The van der Waals surface area contributed by atoms with E-state index < -0.39 is 35.5 Å². The van der Waals surface area contributed by atoms with Crippen molar-refractivity contribution in [3.05, 3.63) is 59.9 Å². The summed E-state index contributed by atoms with van der Waals surface area (Å²) in [7, 11) is 1.30. The first-order chi connectivity index (χ1) is 13.6. The molecule has 0 aliphatic carbocycles. The molecule has 1 aliphatic heterocycles. The van der Waals surface area contributed by atoms with Gasteiger partial charge in [0.25, 0.3) is 17.5 Å². The molecule has 0 radical (unpaired) electrons. The van der Waals surface area contributed by atoms with Gasteiger partial charge in [-0.25, -0.2) is 14.1 Å². The highest BCUT2D eigenvalue weighted by atomic mass is 19.4. The van der Waals surface area contributed by atoms with Gasteiger partial charge >= 0.3 is 12.2 Å². The molecule has 2 aromatic carbocycles. The van der Waals surface area contributed by atoms with Crippen LogP contribution in [-0.4, -0.2) is 36.8 Å². The second-order valence-corrected chi connectivity index (χ2v) is 5.98. The number of rotatable bonds is 4. The van der Waals surface area contributed by atoms with Gasteiger partial charge in [0.1, 0.15) is 11.6 Å². The number of hydrogen-bond donors (Lipinski definition) is 2. The average molecular weight is 411 g/mol. The summed E-state index contributed by atoms with van der Waals surface area (Å²) in [4.78, 5) is 37.4. The van der Waals surface area contributed by atoms with Gasteiger partial charge in [0.2, 0.25) is 0 Å². The van der Waals surface area contributed by atoms with Gasteiger partial charge in [0.05, 0.1) is 12.8 Å². The number of methoxy groups -OCH3 is 1. The molecule has 0 saturated carbocycles.